The molecule has 0 bridgehead atoms. The second kappa shape index (κ2) is 7.06. The van der Waals surface area contributed by atoms with Gasteiger partial charge in [0.1, 0.15) is 11.5 Å². The summed E-state index contributed by atoms with van der Waals surface area (Å²) in [6.07, 6.45) is -0.778. The van der Waals surface area contributed by atoms with E-state index in [1.165, 1.54) is 0 Å². The number of ether oxygens (including phenoxy) is 3. The summed E-state index contributed by atoms with van der Waals surface area (Å²) in [7, 11) is 0. The van der Waals surface area contributed by atoms with E-state index in [2.05, 4.69) is 0 Å². The van der Waals surface area contributed by atoms with Gasteiger partial charge in [0.15, 0.2) is 6.61 Å². The average Bonchev–Trinajstić information content (AvgIpc) is 2.47. The average molecular weight is 258 g/mol. The number of carbonyl (C=O) groups is 1. The molecule has 0 N–H and O–H groups in total. The number of rotatable bonds is 7. The monoisotopic (exact) mass is 258 g/mol. The largest absolute Gasteiger partial charge is 0.486 e. The normalized spacial score (nSPS) is 11.4. The third-order valence-electron chi connectivity index (χ3n) is 2.35. The number of para-hydroxylation sites is 2. The molecular weight excluding hydrogens is 244 g/mol. The van der Waals surface area contributed by atoms with E-state index in [4.69, 9.17) is 14.2 Å². The lowest BCUT2D eigenvalue weighted by Crippen LogP contribution is -2.27. The van der Waals surface area contributed by atoms with E-state index in [1.807, 2.05) is 48.5 Å². The van der Waals surface area contributed by atoms with Crippen molar-refractivity contribution in [2.24, 2.45) is 0 Å². The number of hydrogen-bond donors (Lipinski definition) is 0. The molecule has 2 aromatic rings. The van der Waals surface area contributed by atoms with Crippen LogP contribution < -0.4 is 9.47 Å². The SMILES string of the molecule is O=COC(COc1ccccc1)Oc1ccccc1. The van der Waals surface area contributed by atoms with Gasteiger partial charge >= 0.3 is 0 Å². The van der Waals surface area contributed by atoms with Crippen LogP contribution in [-0.2, 0) is 9.53 Å². The highest BCUT2D eigenvalue weighted by molar-refractivity contribution is 5.37. The second-order valence-electron chi connectivity index (χ2n) is 3.72. The van der Waals surface area contributed by atoms with Gasteiger partial charge in [-0.3, -0.25) is 4.79 Å². The molecule has 0 saturated heterocycles. The van der Waals surface area contributed by atoms with Gasteiger partial charge in [-0.25, -0.2) is 0 Å². The van der Waals surface area contributed by atoms with Crippen molar-refractivity contribution < 1.29 is 19.0 Å². The molecule has 0 spiro atoms. The standard InChI is InChI=1S/C15H14O4/c16-12-18-15(19-14-9-5-2-6-10-14)11-17-13-7-3-1-4-8-13/h1-10,12,15H,11H2. The Kier molecular flexibility index (Phi) is 4.81. The minimum Gasteiger partial charge on any atom is -0.486 e. The molecule has 0 radical (unpaired) electrons. The Morgan fingerprint density at radius 1 is 0.895 bits per heavy atom. The molecule has 4 nitrogen and oxygen atoms in total. The van der Waals surface area contributed by atoms with Crippen LogP contribution in [0.5, 0.6) is 11.5 Å². The Morgan fingerprint density at radius 2 is 1.47 bits per heavy atom. The molecule has 2 rings (SSSR count). The van der Waals surface area contributed by atoms with Crippen molar-refractivity contribution in [1.29, 1.82) is 0 Å². The number of benzene rings is 2. The Hall–Kier alpha value is -2.49. The highest BCUT2D eigenvalue weighted by atomic mass is 16.7. The van der Waals surface area contributed by atoms with E-state index in [-0.39, 0.29) is 6.61 Å². The van der Waals surface area contributed by atoms with Crippen molar-refractivity contribution in [2.45, 2.75) is 6.29 Å². The maximum Gasteiger partial charge on any atom is 0.296 e. The summed E-state index contributed by atoms with van der Waals surface area (Å²) in [5.41, 5.74) is 0. The molecule has 0 heterocycles. The van der Waals surface area contributed by atoms with E-state index in [0.717, 1.165) is 0 Å². The Bertz CT molecular complexity index is 484. The summed E-state index contributed by atoms with van der Waals surface area (Å²) < 4.78 is 15.8. The molecule has 0 saturated carbocycles. The van der Waals surface area contributed by atoms with Crippen LogP contribution in [0.4, 0.5) is 0 Å². The predicted octanol–water partition coefficient (Wildman–Crippen LogP) is 2.64. The Balaban J connectivity index is 1.91. The Morgan fingerprint density at radius 3 is 2.05 bits per heavy atom. The first-order valence-electron chi connectivity index (χ1n) is 5.87. The fourth-order valence-electron chi connectivity index (χ4n) is 1.49. The smallest absolute Gasteiger partial charge is 0.296 e. The summed E-state index contributed by atoms with van der Waals surface area (Å²) in [6.45, 7) is 0.472. The quantitative estimate of drug-likeness (QED) is 0.565. The molecule has 98 valence electrons. The number of carbonyl (C=O) groups excluding carboxylic acids is 1. The van der Waals surface area contributed by atoms with Crippen LogP contribution >= 0.6 is 0 Å². The molecular formula is C15H14O4. The summed E-state index contributed by atoms with van der Waals surface area (Å²) in [6, 6.07) is 18.4. The molecule has 0 fully saturated rings. The van der Waals surface area contributed by atoms with Crippen molar-refractivity contribution in [3.63, 3.8) is 0 Å². The summed E-state index contributed by atoms with van der Waals surface area (Å²) >= 11 is 0. The molecule has 0 aliphatic rings. The number of hydrogen-bond acceptors (Lipinski definition) is 4. The fourth-order valence-corrected chi connectivity index (χ4v) is 1.49. The van der Waals surface area contributed by atoms with Crippen LogP contribution in [0.1, 0.15) is 0 Å². The first kappa shape index (κ1) is 13.0. The highest BCUT2D eigenvalue weighted by Crippen LogP contribution is 2.13. The Labute approximate surface area is 111 Å². The van der Waals surface area contributed by atoms with Crippen LogP contribution in [0.15, 0.2) is 60.7 Å². The minimum atomic E-state index is -0.778. The van der Waals surface area contributed by atoms with Gasteiger partial charge < -0.3 is 14.2 Å². The van der Waals surface area contributed by atoms with Crippen LogP contribution in [0.25, 0.3) is 0 Å². The van der Waals surface area contributed by atoms with Crippen LogP contribution in [0.2, 0.25) is 0 Å². The fraction of sp³-hybridized carbons (Fsp3) is 0.133. The summed E-state index contributed by atoms with van der Waals surface area (Å²) in [5.74, 6) is 1.31. The first-order chi connectivity index (χ1) is 9.38. The first-order valence-corrected chi connectivity index (χ1v) is 5.87. The van der Waals surface area contributed by atoms with E-state index < -0.39 is 6.29 Å². The summed E-state index contributed by atoms with van der Waals surface area (Å²) in [4.78, 5) is 10.5. The lowest BCUT2D eigenvalue weighted by Gasteiger charge is -2.17. The van der Waals surface area contributed by atoms with Gasteiger partial charge in [-0.05, 0) is 24.3 Å². The van der Waals surface area contributed by atoms with E-state index in [0.29, 0.717) is 18.0 Å². The van der Waals surface area contributed by atoms with Crippen molar-refractivity contribution in [1.82, 2.24) is 0 Å². The zero-order valence-corrected chi connectivity index (χ0v) is 10.3. The topological polar surface area (TPSA) is 44.8 Å². The van der Waals surface area contributed by atoms with Gasteiger partial charge in [0.2, 0.25) is 0 Å². The lowest BCUT2D eigenvalue weighted by molar-refractivity contribution is -0.151. The highest BCUT2D eigenvalue weighted by Gasteiger charge is 2.12. The molecule has 1 atom stereocenters. The van der Waals surface area contributed by atoms with Crippen LogP contribution in [0.3, 0.4) is 0 Å². The van der Waals surface area contributed by atoms with Gasteiger partial charge in [0.05, 0.1) is 0 Å². The lowest BCUT2D eigenvalue weighted by atomic mass is 10.3. The maximum absolute atomic E-state index is 10.5. The zero-order chi connectivity index (χ0) is 13.3. The van der Waals surface area contributed by atoms with Crippen molar-refractivity contribution in [3.05, 3.63) is 60.7 Å². The van der Waals surface area contributed by atoms with Gasteiger partial charge in [-0.1, -0.05) is 36.4 Å². The van der Waals surface area contributed by atoms with Crippen LogP contribution in [-0.4, -0.2) is 19.4 Å². The third-order valence-corrected chi connectivity index (χ3v) is 2.35. The summed E-state index contributed by atoms with van der Waals surface area (Å²) in [5, 5.41) is 0. The molecule has 19 heavy (non-hydrogen) atoms. The van der Waals surface area contributed by atoms with Gasteiger partial charge in [-0.2, -0.15) is 0 Å². The molecule has 4 heteroatoms. The molecule has 1 unspecified atom stereocenters. The van der Waals surface area contributed by atoms with E-state index >= 15 is 0 Å². The molecule has 0 amide bonds. The van der Waals surface area contributed by atoms with Crippen LogP contribution in [0, 0.1) is 0 Å². The molecule has 0 aliphatic heterocycles. The maximum atomic E-state index is 10.5. The van der Waals surface area contributed by atoms with Gasteiger partial charge in [-0.15, -0.1) is 0 Å². The third kappa shape index (κ3) is 4.35. The van der Waals surface area contributed by atoms with Crippen molar-refractivity contribution >= 4 is 6.47 Å². The second-order valence-corrected chi connectivity index (χ2v) is 3.72. The molecule has 0 aliphatic carbocycles. The molecule has 0 aromatic heterocycles. The van der Waals surface area contributed by atoms with E-state index in [1.54, 1.807) is 12.1 Å². The van der Waals surface area contributed by atoms with Gasteiger partial charge in [0.25, 0.3) is 12.8 Å². The zero-order valence-electron chi connectivity index (χ0n) is 10.3. The van der Waals surface area contributed by atoms with Gasteiger partial charge in [0, 0.05) is 0 Å². The van der Waals surface area contributed by atoms with Crippen molar-refractivity contribution in [3.8, 4) is 11.5 Å². The minimum absolute atomic E-state index is 0.123. The predicted molar refractivity (Wildman–Crippen MR) is 69.9 cm³/mol. The van der Waals surface area contributed by atoms with E-state index in [9.17, 15) is 4.79 Å². The molecule has 2 aromatic carbocycles. The van der Waals surface area contributed by atoms with Crippen molar-refractivity contribution in [2.75, 3.05) is 6.61 Å².